The van der Waals surface area contributed by atoms with E-state index in [4.69, 9.17) is 4.74 Å². The summed E-state index contributed by atoms with van der Waals surface area (Å²) in [4.78, 5) is 0. The van der Waals surface area contributed by atoms with E-state index < -0.39 is 0 Å². The summed E-state index contributed by atoms with van der Waals surface area (Å²) in [6, 6.07) is 9.62. The van der Waals surface area contributed by atoms with Gasteiger partial charge < -0.3 is 9.84 Å². The monoisotopic (exact) mass is 216 g/mol. The quantitative estimate of drug-likeness (QED) is 0.830. The standard InChI is InChI=1S/C14H16O2/c1-9(2)16-13-8-10(3)14(15)12-7-5-4-6-11(12)13/h4-9,15H,1-3H3. The summed E-state index contributed by atoms with van der Waals surface area (Å²) in [6.07, 6.45) is 0.132. The van der Waals surface area contributed by atoms with Gasteiger partial charge in [0.2, 0.25) is 0 Å². The number of hydrogen-bond acceptors (Lipinski definition) is 2. The Balaban J connectivity index is 2.69. The number of phenolic OH excluding ortho intramolecular Hbond substituents is 1. The third-order valence-corrected chi connectivity index (χ3v) is 2.53. The van der Waals surface area contributed by atoms with Crippen molar-refractivity contribution in [2.24, 2.45) is 0 Å². The molecule has 2 aromatic carbocycles. The lowest BCUT2D eigenvalue weighted by Gasteiger charge is -2.14. The van der Waals surface area contributed by atoms with Crippen LogP contribution in [0, 0.1) is 6.92 Å². The van der Waals surface area contributed by atoms with Crippen LogP contribution >= 0.6 is 0 Å². The minimum absolute atomic E-state index is 0.132. The van der Waals surface area contributed by atoms with Crippen LogP contribution in [0.5, 0.6) is 11.5 Å². The molecule has 2 rings (SSSR count). The van der Waals surface area contributed by atoms with Crippen molar-refractivity contribution in [2.45, 2.75) is 26.9 Å². The first-order chi connectivity index (χ1) is 7.59. The molecule has 2 heteroatoms. The van der Waals surface area contributed by atoms with Crippen LogP contribution in [0.1, 0.15) is 19.4 Å². The Hall–Kier alpha value is -1.70. The van der Waals surface area contributed by atoms with E-state index in [9.17, 15) is 5.11 Å². The molecule has 0 radical (unpaired) electrons. The van der Waals surface area contributed by atoms with E-state index in [-0.39, 0.29) is 6.10 Å². The SMILES string of the molecule is Cc1cc(OC(C)C)c2ccccc2c1O. The minimum atomic E-state index is 0.132. The molecule has 0 spiro atoms. The van der Waals surface area contributed by atoms with E-state index in [2.05, 4.69) is 0 Å². The third kappa shape index (κ3) is 1.83. The van der Waals surface area contributed by atoms with Crippen LogP contribution in [0.4, 0.5) is 0 Å². The first kappa shape index (κ1) is 10.8. The summed E-state index contributed by atoms with van der Waals surface area (Å²) >= 11 is 0. The van der Waals surface area contributed by atoms with Crippen molar-refractivity contribution in [3.05, 3.63) is 35.9 Å². The molecule has 0 aromatic heterocycles. The Kier molecular flexibility index (Phi) is 2.73. The van der Waals surface area contributed by atoms with Gasteiger partial charge in [-0.15, -0.1) is 0 Å². The highest BCUT2D eigenvalue weighted by Crippen LogP contribution is 2.35. The van der Waals surface area contributed by atoms with Gasteiger partial charge in [-0.05, 0) is 32.4 Å². The lowest BCUT2D eigenvalue weighted by atomic mass is 10.0. The molecule has 0 bridgehead atoms. The number of ether oxygens (including phenoxy) is 1. The first-order valence-corrected chi connectivity index (χ1v) is 5.47. The summed E-state index contributed by atoms with van der Waals surface area (Å²) in [5, 5.41) is 11.8. The van der Waals surface area contributed by atoms with Crippen LogP contribution in [0.3, 0.4) is 0 Å². The number of aromatic hydroxyl groups is 1. The number of hydrogen-bond donors (Lipinski definition) is 1. The summed E-state index contributed by atoms with van der Waals surface area (Å²) in [5.41, 5.74) is 0.842. The van der Waals surface area contributed by atoms with Crippen LogP contribution in [0.25, 0.3) is 10.8 Å². The summed E-state index contributed by atoms with van der Waals surface area (Å²) in [5.74, 6) is 1.17. The average molecular weight is 216 g/mol. The topological polar surface area (TPSA) is 29.5 Å². The zero-order valence-electron chi connectivity index (χ0n) is 9.82. The second-order valence-corrected chi connectivity index (χ2v) is 4.25. The maximum Gasteiger partial charge on any atom is 0.128 e. The number of aryl methyl sites for hydroxylation is 1. The molecule has 0 fully saturated rings. The number of benzene rings is 2. The normalized spacial score (nSPS) is 11.0. The molecule has 0 heterocycles. The second kappa shape index (κ2) is 4.05. The van der Waals surface area contributed by atoms with Crippen molar-refractivity contribution < 1.29 is 9.84 Å². The molecule has 2 aromatic rings. The molecule has 84 valence electrons. The van der Waals surface area contributed by atoms with Crippen LogP contribution in [-0.4, -0.2) is 11.2 Å². The fraction of sp³-hybridized carbons (Fsp3) is 0.286. The molecule has 0 amide bonds. The van der Waals surface area contributed by atoms with Crippen molar-refractivity contribution in [1.29, 1.82) is 0 Å². The number of phenols is 1. The zero-order valence-corrected chi connectivity index (χ0v) is 9.82. The molecule has 0 unspecified atom stereocenters. The maximum atomic E-state index is 9.96. The van der Waals surface area contributed by atoms with Gasteiger partial charge in [-0.1, -0.05) is 24.3 Å². The molecule has 16 heavy (non-hydrogen) atoms. The van der Waals surface area contributed by atoms with E-state index in [1.165, 1.54) is 0 Å². The van der Waals surface area contributed by atoms with E-state index in [0.29, 0.717) is 5.75 Å². The molecule has 2 nitrogen and oxygen atoms in total. The van der Waals surface area contributed by atoms with Gasteiger partial charge in [-0.3, -0.25) is 0 Å². The Morgan fingerprint density at radius 3 is 2.38 bits per heavy atom. The molecule has 0 aliphatic carbocycles. The Labute approximate surface area is 95.5 Å². The van der Waals surface area contributed by atoms with Crippen LogP contribution in [0.15, 0.2) is 30.3 Å². The molecular formula is C14H16O2. The number of rotatable bonds is 2. The van der Waals surface area contributed by atoms with Gasteiger partial charge in [0.15, 0.2) is 0 Å². The smallest absolute Gasteiger partial charge is 0.128 e. The van der Waals surface area contributed by atoms with Crippen molar-refractivity contribution in [3.8, 4) is 11.5 Å². The predicted molar refractivity (Wildman–Crippen MR) is 66.1 cm³/mol. The molecule has 0 saturated heterocycles. The highest BCUT2D eigenvalue weighted by molar-refractivity contribution is 5.94. The van der Waals surface area contributed by atoms with E-state index in [1.54, 1.807) is 0 Å². The second-order valence-electron chi connectivity index (χ2n) is 4.25. The van der Waals surface area contributed by atoms with Crippen molar-refractivity contribution in [2.75, 3.05) is 0 Å². The highest BCUT2D eigenvalue weighted by Gasteiger charge is 2.10. The maximum absolute atomic E-state index is 9.96. The Morgan fingerprint density at radius 1 is 1.12 bits per heavy atom. The largest absolute Gasteiger partial charge is 0.507 e. The van der Waals surface area contributed by atoms with E-state index in [1.807, 2.05) is 51.1 Å². The van der Waals surface area contributed by atoms with Gasteiger partial charge in [0.05, 0.1) is 6.10 Å². The highest BCUT2D eigenvalue weighted by atomic mass is 16.5. The lowest BCUT2D eigenvalue weighted by molar-refractivity contribution is 0.245. The fourth-order valence-electron chi connectivity index (χ4n) is 1.81. The summed E-state index contributed by atoms with van der Waals surface area (Å²) in [6.45, 7) is 5.88. The predicted octanol–water partition coefficient (Wildman–Crippen LogP) is 3.64. The zero-order chi connectivity index (χ0) is 11.7. The van der Waals surface area contributed by atoms with Gasteiger partial charge in [-0.2, -0.15) is 0 Å². The molecule has 0 saturated carbocycles. The van der Waals surface area contributed by atoms with Gasteiger partial charge in [0.1, 0.15) is 11.5 Å². The third-order valence-electron chi connectivity index (χ3n) is 2.53. The van der Waals surface area contributed by atoms with Crippen LogP contribution in [0.2, 0.25) is 0 Å². The van der Waals surface area contributed by atoms with Crippen LogP contribution in [-0.2, 0) is 0 Å². The van der Waals surface area contributed by atoms with Gasteiger partial charge in [0.25, 0.3) is 0 Å². The average Bonchev–Trinajstić information content (AvgIpc) is 2.25. The van der Waals surface area contributed by atoms with Crippen molar-refractivity contribution >= 4 is 10.8 Å². The number of fused-ring (bicyclic) bond motifs is 1. The molecule has 0 atom stereocenters. The molecule has 0 aliphatic rings. The summed E-state index contributed by atoms with van der Waals surface area (Å²) in [7, 11) is 0. The fourth-order valence-corrected chi connectivity index (χ4v) is 1.81. The Bertz CT molecular complexity index is 515. The lowest BCUT2D eigenvalue weighted by Crippen LogP contribution is -2.06. The van der Waals surface area contributed by atoms with Crippen molar-refractivity contribution in [3.63, 3.8) is 0 Å². The summed E-state index contributed by atoms with van der Waals surface area (Å²) < 4.78 is 5.75. The van der Waals surface area contributed by atoms with Gasteiger partial charge in [0, 0.05) is 10.8 Å². The van der Waals surface area contributed by atoms with Gasteiger partial charge in [-0.25, -0.2) is 0 Å². The molecule has 1 N–H and O–H groups in total. The molecule has 0 aliphatic heterocycles. The van der Waals surface area contributed by atoms with E-state index >= 15 is 0 Å². The molecular weight excluding hydrogens is 200 g/mol. The van der Waals surface area contributed by atoms with Crippen molar-refractivity contribution in [1.82, 2.24) is 0 Å². The van der Waals surface area contributed by atoms with Gasteiger partial charge >= 0.3 is 0 Å². The van der Waals surface area contributed by atoms with E-state index in [0.717, 1.165) is 22.1 Å². The van der Waals surface area contributed by atoms with Crippen LogP contribution < -0.4 is 4.74 Å². The first-order valence-electron chi connectivity index (χ1n) is 5.47. The Morgan fingerprint density at radius 2 is 1.75 bits per heavy atom. The minimum Gasteiger partial charge on any atom is -0.507 e.